The normalized spacial score (nSPS) is 26.2. The molecule has 0 aromatic carbocycles. The van der Waals surface area contributed by atoms with E-state index in [-0.39, 0.29) is 5.75 Å². The van der Waals surface area contributed by atoms with Gasteiger partial charge in [0.2, 0.25) is 0 Å². The highest BCUT2D eigenvalue weighted by Gasteiger charge is 2.46. The molecule has 19 heavy (non-hydrogen) atoms. The zero-order valence-electron chi connectivity index (χ0n) is 11.2. The van der Waals surface area contributed by atoms with E-state index in [1.165, 1.54) is 0 Å². The van der Waals surface area contributed by atoms with Crippen molar-refractivity contribution in [3.05, 3.63) is 0 Å². The van der Waals surface area contributed by atoms with Crippen molar-refractivity contribution in [1.82, 2.24) is 0 Å². The largest absolute Gasteiger partial charge is 0.460 e. The maximum Gasteiger partial charge on any atom is 0.302 e. The number of carbonyl (C=O) groups excluding carboxylic acids is 1. The molecule has 2 atom stereocenters. The standard InChI is InChI=1S/C11H20O6S2/c1-3-4-5-6-19(15,16)11-8-18(13,14)7-10(11)17-9(2)12/h10-11H,3-8H2,1-2H3/t10-,11+/m0/s1. The molecule has 1 aliphatic heterocycles. The average Bonchev–Trinajstić information content (AvgIpc) is 2.53. The van der Waals surface area contributed by atoms with E-state index in [9.17, 15) is 21.6 Å². The monoisotopic (exact) mass is 312 g/mol. The van der Waals surface area contributed by atoms with E-state index in [2.05, 4.69) is 0 Å². The van der Waals surface area contributed by atoms with Crippen LogP contribution in [0.25, 0.3) is 0 Å². The first-order chi connectivity index (χ1) is 8.68. The van der Waals surface area contributed by atoms with E-state index in [0.717, 1.165) is 19.8 Å². The van der Waals surface area contributed by atoms with Gasteiger partial charge in [0.05, 0.1) is 17.3 Å². The van der Waals surface area contributed by atoms with Gasteiger partial charge in [-0.15, -0.1) is 0 Å². The first-order valence-electron chi connectivity index (χ1n) is 6.27. The minimum atomic E-state index is -3.55. The summed E-state index contributed by atoms with van der Waals surface area (Å²) in [7, 11) is -7.01. The SMILES string of the molecule is CCCCCS(=O)(=O)[C@@H]1CS(=O)(=O)C[C@@H]1OC(C)=O. The number of carbonyl (C=O) groups is 1. The molecule has 8 heteroatoms. The van der Waals surface area contributed by atoms with Crippen LogP contribution >= 0.6 is 0 Å². The summed E-state index contributed by atoms with van der Waals surface area (Å²) >= 11 is 0. The number of sulfone groups is 2. The topological polar surface area (TPSA) is 94.6 Å². The molecule has 1 fully saturated rings. The predicted molar refractivity (Wildman–Crippen MR) is 71.3 cm³/mol. The van der Waals surface area contributed by atoms with Crippen LogP contribution in [-0.4, -0.2) is 51.4 Å². The Bertz CT molecular complexity index is 519. The van der Waals surface area contributed by atoms with Crippen LogP contribution < -0.4 is 0 Å². The molecule has 0 amide bonds. The molecule has 0 saturated carbocycles. The van der Waals surface area contributed by atoms with Gasteiger partial charge in [-0.3, -0.25) is 4.79 Å². The molecule has 1 aliphatic rings. The Balaban J connectivity index is 2.85. The van der Waals surface area contributed by atoms with Crippen molar-refractivity contribution in [1.29, 1.82) is 0 Å². The van der Waals surface area contributed by atoms with Crippen molar-refractivity contribution in [2.45, 2.75) is 44.5 Å². The van der Waals surface area contributed by atoms with Crippen LogP contribution in [0.5, 0.6) is 0 Å². The molecule has 0 spiro atoms. The molecule has 0 N–H and O–H groups in total. The van der Waals surface area contributed by atoms with E-state index < -0.39 is 48.5 Å². The van der Waals surface area contributed by atoms with Gasteiger partial charge in [0.15, 0.2) is 19.7 Å². The van der Waals surface area contributed by atoms with Crippen molar-refractivity contribution in [2.75, 3.05) is 17.3 Å². The Morgan fingerprint density at radius 3 is 2.42 bits per heavy atom. The number of rotatable bonds is 6. The molecule has 0 aromatic rings. The van der Waals surface area contributed by atoms with Crippen LogP contribution in [0.1, 0.15) is 33.1 Å². The Morgan fingerprint density at radius 2 is 1.89 bits per heavy atom. The lowest BCUT2D eigenvalue weighted by Crippen LogP contribution is -2.37. The van der Waals surface area contributed by atoms with Gasteiger partial charge >= 0.3 is 5.97 Å². The lowest BCUT2D eigenvalue weighted by Gasteiger charge is -2.18. The van der Waals surface area contributed by atoms with E-state index in [1.807, 2.05) is 6.92 Å². The Kier molecular flexibility index (Phi) is 5.37. The molecule has 6 nitrogen and oxygen atoms in total. The second-order valence-corrected chi connectivity index (χ2v) is 9.33. The second-order valence-electron chi connectivity index (χ2n) is 4.84. The molecule has 0 aliphatic carbocycles. The minimum Gasteiger partial charge on any atom is -0.460 e. The third kappa shape index (κ3) is 4.76. The number of ether oxygens (including phenoxy) is 1. The van der Waals surface area contributed by atoms with Gasteiger partial charge in [0.25, 0.3) is 0 Å². The lowest BCUT2D eigenvalue weighted by molar-refractivity contribution is -0.144. The highest BCUT2D eigenvalue weighted by Crippen LogP contribution is 2.24. The van der Waals surface area contributed by atoms with E-state index in [4.69, 9.17) is 4.74 Å². The molecule has 0 radical (unpaired) electrons. The molecule has 1 saturated heterocycles. The quantitative estimate of drug-likeness (QED) is 0.518. The lowest BCUT2D eigenvalue weighted by atomic mass is 10.3. The average molecular weight is 312 g/mol. The fraction of sp³-hybridized carbons (Fsp3) is 0.909. The fourth-order valence-electron chi connectivity index (χ4n) is 2.15. The van der Waals surface area contributed by atoms with Gasteiger partial charge in [-0.25, -0.2) is 16.8 Å². The van der Waals surface area contributed by atoms with E-state index >= 15 is 0 Å². The number of hydrogen-bond donors (Lipinski definition) is 0. The van der Waals surface area contributed by atoms with Crippen molar-refractivity contribution in [3.63, 3.8) is 0 Å². The zero-order valence-corrected chi connectivity index (χ0v) is 12.8. The third-order valence-electron chi connectivity index (χ3n) is 3.06. The number of hydrogen-bond acceptors (Lipinski definition) is 6. The summed E-state index contributed by atoms with van der Waals surface area (Å²) in [5.41, 5.74) is 0. The summed E-state index contributed by atoms with van der Waals surface area (Å²) in [5.74, 6) is -1.56. The molecular weight excluding hydrogens is 292 g/mol. The van der Waals surface area contributed by atoms with Gasteiger partial charge in [-0.2, -0.15) is 0 Å². The molecule has 112 valence electrons. The van der Waals surface area contributed by atoms with E-state index in [0.29, 0.717) is 6.42 Å². The third-order valence-corrected chi connectivity index (χ3v) is 7.23. The first-order valence-corrected chi connectivity index (χ1v) is 9.81. The second kappa shape index (κ2) is 6.21. The summed E-state index contributed by atoms with van der Waals surface area (Å²) in [5, 5.41) is -1.11. The molecule has 0 aromatic heterocycles. The summed E-state index contributed by atoms with van der Waals surface area (Å²) in [4.78, 5) is 10.9. The molecular formula is C11H20O6S2. The Hall–Kier alpha value is -0.630. The van der Waals surface area contributed by atoms with Crippen LogP contribution in [0.3, 0.4) is 0 Å². The first kappa shape index (κ1) is 16.4. The van der Waals surface area contributed by atoms with Crippen LogP contribution in [0.2, 0.25) is 0 Å². The van der Waals surface area contributed by atoms with E-state index in [1.54, 1.807) is 0 Å². The summed E-state index contributed by atoms with van der Waals surface area (Å²) in [6.07, 6.45) is 1.10. The van der Waals surface area contributed by atoms with Crippen molar-refractivity contribution in [2.24, 2.45) is 0 Å². The van der Waals surface area contributed by atoms with Crippen molar-refractivity contribution >= 4 is 25.6 Å². The maximum atomic E-state index is 12.1. The zero-order chi connectivity index (χ0) is 14.7. The summed E-state index contributed by atoms with van der Waals surface area (Å²) in [6.45, 7) is 3.10. The number of unbranched alkanes of at least 4 members (excludes halogenated alkanes) is 2. The van der Waals surface area contributed by atoms with Crippen LogP contribution in [0.4, 0.5) is 0 Å². The highest BCUT2D eigenvalue weighted by atomic mass is 32.2. The van der Waals surface area contributed by atoms with Crippen LogP contribution in [0.15, 0.2) is 0 Å². The Morgan fingerprint density at radius 1 is 1.26 bits per heavy atom. The number of esters is 1. The van der Waals surface area contributed by atoms with Gasteiger partial charge in [-0.05, 0) is 6.42 Å². The van der Waals surface area contributed by atoms with Gasteiger partial charge in [0.1, 0.15) is 11.4 Å². The van der Waals surface area contributed by atoms with Crippen molar-refractivity contribution in [3.8, 4) is 0 Å². The molecule has 1 heterocycles. The van der Waals surface area contributed by atoms with Crippen LogP contribution in [-0.2, 0) is 29.2 Å². The van der Waals surface area contributed by atoms with Gasteiger partial charge in [-0.1, -0.05) is 19.8 Å². The summed E-state index contributed by atoms with van der Waals surface area (Å²) < 4.78 is 52.2. The highest BCUT2D eigenvalue weighted by molar-refractivity contribution is 7.96. The minimum absolute atomic E-state index is 0.0568. The van der Waals surface area contributed by atoms with Crippen LogP contribution in [0, 0.1) is 0 Å². The predicted octanol–water partition coefficient (Wildman–Crippen LogP) is 0.320. The maximum absolute atomic E-state index is 12.1. The van der Waals surface area contributed by atoms with Crippen molar-refractivity contribution < 1.29 is 26.4 Å². The summed E-state index contributed by atoms with van der Waals surface area (Å²) in [6, 6.07) is 0. The molecule has 1 rings (SSSR count). The fourth-order valence-corrected chi connectivity index (χ4v) is 6.89. The Labute approximate surface area is 114 Å². The molecule has 0 bridgehead atoms. The smallest absolute Gasteiger partial charge is 0.302 e. The van der Waals surface area contributed by atoms with Gasteiger partial charge in [0, 0.05) is 6.92 Å². The molecule has 0 unspecified atom stereocenters. The van der Waals surface area contributed by atoms with Gasteiger partial charge < -0.3 is 4.74 Å².